The molecule has 1 aliphatic rings. The van der Waals surface area contributed by atoms with Gasteiger partial charge in [0.05, 0.1) is 15.8 Å². The first-order valence-corrected chi connectivity index (χ1v) is 7.39. The van der Waals surface area contributed by atoms with Crippen LogP contribution >= 0.6 is 22.9 Å². The van der Waals surface area contributed by atoms with E-state index in [4.69, 9.17) is 11.6 Å². The number of thiophene rings is 1. The third-order valence-electron chi connectivity index (χ3n) is 2.97. The van der Waals surface area contributed by atoms with Crippen LogP contribution in [0.2, 0.25) is 4.34 Å². The molecule has 0 saturated heterocycles. The zero-order valence-corrected chi connectivity index (χ0v) is 11.7. The summed E-state index contributed by atoms with van der Waals surface area (Å²) >= 11 is 7.23. The lowest BCUT2D eigenvalue weighted by Gasteiger charge is -2.20. The number of rotatable bonds is 7. The number of halogens is 1. The number of nitrogens with zero attached hydrogens (tertiary/aromatic N) is 1. The molecule has 1 saturated carbocycles. The Morgan fingerprint density at radius 2 is 2.29 bits per heavy atom. The van der Waals surface area contributed by atoms with E-state index in [-0.39, 0.29) is 5.78 Å². The van der Waals surface area contributed by atoms with Crippen LogP contribution in [0, 0.1) is 5.92 Å². The van der Waals surface area contributed by atoms with Gasteiger partial charge in [-0.05, 0) is 43.9 Å². The van der Waals surface area contributed by atoms with E-state index < -0.39 is 0 Å². The predicted molar refractivity (Wildman–Crippen MR) is 73.1 cm³/mol. The number of carbonyl (C=O) groups excluding carboxylic acids is 1. The quantitative estimate of drug-likeness (QED) is 0.705. The zero-order chi connectivity index (χ0) is 12.3. The third-order valence-corrected chi connectivity index (χ3v) is 4.24. The highest BCUT2D eigenvalue weighted by atomic mass is 35.5. The van der Waals surface area contributed by atoms with Crippen molar-refractivity contribution in [3.63, 3.8) is 0 Å². The van der Waals surface area contributed by atoms with Crippen LogP contribution in [0.3, 0.4) is 0 Å². The number of carbonyl (C=O) groups is 1. The molecule has 0 atom stereocenters. The van der Waals surface area contributed by atoms with Crippen molar-refractivity contribution in [3.05, 3.63) is 21.3 Å². The molecule has 2 nitrogen and oxygen atoms in total. The summed E-state index contributed by atoms with van der Waals surface area (Å²) < 4.78 is 0.692. The summed E-state index contributed by atoms with van der Waals surface area (Å²) in [5, 5.41) is 0. The van der Waals surface area contributed by atoms with E-state index in [1.807, 2.05) is 6.07 Å². The number of ketones is 1. The summed E-state index contributed by atoms with van der Waals surface area (Å²) in [6.45, 7) is 4.80. The molecule has 94 valence electrons. The van der Waals surface area contributed by atoms with E-state index in [0.29, 0.717) is 10.9 Å². The first kappa shape index (κ1) is 13.1. The standard InChI is InChI=1S/C13H18ClNOS/c1-2-7-15(8-10-3-4-10)9-11(16)12-5-6-13(14)17-12/h5-6,10H,2-4,7-9H2,1H3. The summed E-state index contributed by atoms with van der Waals surface area (Å²) in [6.07, 6.45) is 3.77. The molecule has 1 aromatic rings. The molecule has 0 bridgehead atoms. The maximum Gasteiger partial charge on any atom is 0.186 e. The maximum absolute atomic E-state index is 12.1. The van der Waals surface area contributed by atoms with Crippen LogP contribution in [0.5, 0.6) is 0 Å². The van der Waals surface area contributed by atoms with Gasteiger partial charge in [-0.1, -0.05) is 18.5 Å². The molecule has 2 rings (SSSR count). The van der Waals surface area contributed by atoms with E-state index in [1.165, 1.54) is 24.2 Å². The summed E-state index contributed by atoms with van der Waals surface area (Å²) in [7, 11) is 0. The van der Waals surface area contributed by atoms with Gasteiger partial charge in [0, 0.05) is 6.54 Å². The van der Waals surface area contributed by atoms with Crippen LogP contribution in [0.25, 0.3) is 0 Å². The lowest BCUT2D eigenvalue weighted by Crippen LogP contribution is -2.32. The normalized spacial score (nSPS) is 15.5. The Bertz CT molecular complexity index is 387. The van der Waals surface area contributed by atoms with Crippen molar-refractivity contribution in [2.24, 2.45) is 5.92 Å². The number of hydrogen-bond donors (Lipinski definition) is 0. The van der Waals surface area contributed by atoms with Crippen LogP contribution in [-0.4, -0.2) is 30.3 Å². The Hall–Kier alpha value is -0.380. The molecule has 0 amide bonds. The largest absolute Gasteiger partial charge is 0.296 e. The van der Waals surface area contributed by atoms with Crippen molar-refractivity contribution in [1.82, 2.24) is 4.90 Å². The minimum absolute atomic E-state index is 0.205. The average Bonchev–Trinajstić information content (AvgIpc) is 2.98. The van der Waals surface area contributed by atoms with Gasteiger partial charge in [0.25, 0.3) is 0 Å². The second-order valence-electron chi connectivity index (χ2n) is 4.71. The maximum atomic E-state index is 12.1. The van der Waals surface area contributed by atoms with Crippen LogP contribution in [0.15, 0.2) is 12.1 Å². The fraction of sp³-hybridized carbons (Fsp3) is 0.615. The van der Waals surface area contributed by atoms with E-state index in [9.17, 15) is 4.79 Å². The van der Waals surface area contributed by atoms with Gasteiger partial charge in [-0.3, -0.25) is 9.69 Å². The molecule has 0 N–H and O–H groups in total. The Kier molecular flexibility index (Phi) is 4.60. The Morgan fingerprint density at radius 3 is 2.82 bits per heavy atom. The minimum atomic E-state index is 0.205. The fourth-order valence-corrected chi connectivity index (χ4v) is 2.93. The van der Waals surface area contributed by atoms with Crippen LogP contribution in [0.4, 0.5) is 0 Å². The first-order chi connectivity index (χ1) is 8.19. The Labute approximate surface area is 112 Å². The molecule has 0 unspecified atom stereocenters. The van der Waals surface area contributed by atoms with Crippen LogP contribution in [0.1, 0.15) is 35.9 Å². The second kappa shape index (κ2) is 5.98. The van der Waals surface area contributed by atoms with Gasteiger partial charge >= 0.3 is 0 Å². The predicted octanol–water partition coefficient (Wildman–Crippen LogP) is 3.71. The number of hydrogen-bond acceptors (Lipinski definition) is 3. The molecule has 0 spiro atoms. The van der Waals surface area contributed by atoms with Crippen molar-refractivity contribution >= 4 is 28.7 Å². The van der Waals surface area contributed by atoms with Gasteiger partial charge in [-0.2, -0.15) is 0 Å². The van der Waals surface area contributed by atoms with Gasteiger partial charge in [-0.25, -0.2) is 0 Å². The Morgan fingerprint density at radius 1 is 1.53 bits per heavy atom. The summed E-state index contributed by atoms with van der Waals surface area (Å²) in [5.41, 5.74) is 0. The van der Waals surface area contributed by atoms with E-state index in [2.05, 4.69) is 11.8 Å². The lowest BCUT2D eigenvalue weighted by atomic mass is 10.2. The smallest absolute Gasteiger partial charge is 0.186 e. The molecule has 0 radical (unpaired) electrons. The minimum Gasteiger partial charge on any atom is -0.296 e. The fourth-order valence-electron chi connectivity index (χ4n) is 1.96. The van der Waals surface area contributed by atoms with Crippen molar-refractivity contribution in [2.75, 3.05) is 19.6 Å². The molecule has 0 aromatic carbocycles. The SMILES string of the molecule is CCCN(CC(=O)c1ccc(Cl)s1)CC1CC1. The highest BCUT2D eigenvalue weighted by Crippen LogP contribution is 2.30. The molecular weight excluding hydrogens is 254 g/mol. The summed E-state index contributed by atoms with van der Waals surface area (Å²) in [5.74, 6) is 1.04. The second-order valence-corrected chi connectivity index (χ2v) is 6.42. The lowest BCUT2D eigenvalue weighted by molar-refractivity contribution is 0.0931. The molecule has 1 heterocycles. The summed E-state index contributed by atoms with van der Waals surface area (Å²) in [6, 6.07) is 3.63. The van der Waals surface area contributed by atoms with Gasteiger partial charge in [0.1, 0.15) is 0 Å². The molecule has 17 heavy (non-hydrogen) atoms. The van der Waals surface area contributed by atoms with Crippen LogP contribution < -0.4 is 0 Å². The average molecular weight is 272 g/mol. The molecule has 0 aliphatic heterocycles. The van der Waals surface area contributed by atoms with Gasteiger partial charge in [0.2, 0.25) is 0 Å². The van der Waals surface area contributed by atoms with Gasteiger partial charge in [-0.15, -0.1) is 11.3 Å². The Balaban J connectivity index is 1.89. The highest BCUT2D eigenvalue weighted by Gasteiger charge is 2.25. The van der Waals surface area contributed by atoms with Crippen molar-refractivity contribution in [1.29, 1.82) is 0 Å². The van der Waals surface area contributed by atoms with Crippen molar-refractivity contribution in [3.8, 4) is 0 Å². The molecule has 1 aromatic heterocycles. The zero-order valence-electron chi connectivity index (χ0n) is 10.1. The molecular formula is C13H18ClNOS. The van der Waals surface area contributed by atoms with Gasteiger partial charge in [0.15, 0.2) is 5.78 Å². The highest BCUT2D eigenvalue weighted by molar-refractivity contribution is 7.18. The molecule has 1 aliphatic carbocycles. The van der Waals surface area contributed by atoms with E-state index in [1.54, 1.807) is 6.07 Å². The molecule has 1 fully saturated rings. The molecule has 4 heteroatoms. The monoisotopic (exact) mass is 271 g/mol. The van der Waals surface area contributed by atoms with Crippen LogP contribution in [-0.2, 0) is 0 Å². The van der Waals surface area contributed by atoms with E-state index >= 15 is 0 Å². The topological polar surface area (TPSA) is 20.3 Å². The van der Waals surface area contributed by atoms with Crippen molar-refractivity contribution < 1.29 is 4.79 Å². The third kappa shape index (κ3) is 4.09. The summed E-state index contributed by atoms with van der Waals surface area (Å²) in [4.78, 5) is 15.1. The van der Waals surface area contributed by atoms with Gasteiger partial charge < -0.3 is 0 Å². The van der Waals surface area contributed by atoms with E-state index in [0.717, 1.165) is 30.3 Å². The first-order valence-electron chi connectivity index (χ1n) is 6.20. The number of Topliss-reactive ketones (excluding diaryl/α,β-unsaturated/α-hetero) is 1. The van der Waals surface area contributed by atoms with Crippen molar-refractivity contribution in [2.45, 2.75) is 26.2 Å².